The van der Waals surface area contributed by atoms with Gasteiger partial charge in [-0.15, -0.1) is 0 Å². The molecule has 0 radical (unpaired) electrons. The fourth-order valence-corrected chi connectivity index (χ4v) is 2.71. The Morgan fingerprint density at radius 3 is 1.53 bits per heavy atom. The number of hydrogen-bond donors (Lipinski definition) is 1. The van der Waals surface area contributed by atoms with Gasteiger partial charge in [0.25, 0.3) is 0 Å². The molecule has 2 aromatic carbocycles. The van der Waals surface area contributed by atoms with Gasteiger partial charge in [-0.1, -0.05) is 49.9 Å². The summed E-state index contributed by atoms with van der Waals surface area (Å²) in [6.07, 6.45) is 0. The van der Waals surface area contributed by atoms with Crippen LogP contribution in [-0.4, -0.2) is 0 Å². The molecule has 1 nitrogen and oxygen atoms in total. The highest BCUT2D eigenvalue weighted by atomic mass is 32.2. The van der Waals surface area contributed by atoms with Crippen LogP contribution in [0, 0.1) is 0 Å². The fourth-order valence-electron chi connectivity index (χ4n) is 1.90. The van der Waals surface area contributed by atoms with E-state index >= 15 is 0 Å². The van der Waals surface area contributed by atoms with Crippen molar-refractivity contribution < 1.29 is 0 Å². The van der Waals surface area contributed by atoms with E-state index in [0.29, 0.717) is 5.92 Å². The van der Waals surface area contributed by atoms with Crippen LogP contribution in [0.15, 0.2) is 58.3 Å². The zero-order chi connectivity index (χ0) is 13.8. The van der Waals surface area contributed by atoms with E-state index in [9.17, 15) is 0 Å². The van der Waals surface area contributed by atoms with Gasteiger partial charge >= 0.3 is 0 Å². The van der Waals surface area contributed by atoms with Gasteiger partial charge in [-0.3, -0.25) is 0 Å². The largest absolute Gasteiger partial charge is 0.324 e. The van der Waals surface area contributed by atoms with Crippen LogP contribution in [0.4, 0.5) is 0 Å². The molecule has 0 saturated carbocycles. The molecule has 0 heterocycles. The molecule has 0 aliphatic rings. The molecule has 2 aromatic rings. The summed E-state index contributed by atoms with van der Waals surface area (Å²) in [6.45, 7) is 6.44. The molecule has 0 bridgehead atoms. The Kier molecular flexibility index (Phi) is 4.67. The maximum atomic E-state index is 5.85. The second-order valence-electron chi connectivity index (χ2n) is 5.18. The first-order valence-electron chi connectivity index (χ1n) is 6.69. The predicted octanol–water partition coefficient (Wildman–Crippen LogP) is 4.98. The Morgan fingerprint density at radius 1 is 0.737 bits per heavy atom. The molecule has 2 N–H and O–H groups in total. The standard InChI is InChI=1S/C17H21NS/c1-12(2)14-4-8-16(9-5-14)19-17-10-6-15(7-11-17)13(3)18/h4-13H,18H2,1-3H3/t13-/m0/s1. The number of benzene rings is 2. The number of rotatable bonds is 4. The minimum absolute atomic E-state index is 0.101. The van der Waals surface area contributed by atoms with Crippen molar-refractivity contribution in [1.82, 2.24) is 0 Å². The Hall–Kier alpha value is -1.25. The Morgan fingerprint density at radius 2 is 1.16 bits per heavy atom. The lowest BCUT2D eigenvalue weighted by atomic mass is 10.0. The van der Waals surface area contributed by atoms with Crippen molar-refractivity contribution in [3.8, 4) is 0 Å². The molecule has 2 heteroatoms. The molecule has 0 aliphatic carbocycles. The van der Waals surface area contributed by atoms with Gasteiger partial charge in [-0.25, -0.2) is 0 Å². The van der Waals surface area contributed by atoms with Gasteiger partial charge in [0.05, 0.1) is 0 Å². The lowest BCUT2D eigenvalue weighted by molar-refractivity contribution is 0.817. The molecule has 0 fully saturated rings. The van der Waals surface area contributed by atoms with Crippen molar-refractivity contribution in [3.63, 3.8) is 0 Å². The first-order chi connectivity index (χ1) is 9.06. The third kappa shape index (κ3) is 3.85. The van der Waals surface area contributed by atoms with E-state index in [2.05, 4.69) is 62.4 Å². The van der Waals surface area contributed by atoms with Gasteiger partial charge in [0, 0.05) is 15.8 Å². The van der Waals surface area contributed by atoms with Crippen molar-refractivity contribution in [2.24, 2.45) is 5.73 Å². The summed E-state index contributed by atoms with van der Waals surface area (Å²) < 4.78 is 0. The summed E-state index contributed by atoms with van der Waals surface area (Å²) in [5.74, 6) is 0.587. The van der Waals surface area contributed by atoms with Crippen molar-refractivity contribution in [1.29, 1.82) is 0 Å². The van der Waals surface area contributed by atoms with Crippen LogP contribution in [0.3, 0.4) is 0 Å². The molecule has 0 unspecified atom stereocenters. The lowest BCUT2D eigenvalue weighted by Crippen LogP contribution is -2.04. The molecular weight excluding hydrogens is 250 g/mol. The number of nitrogens with two attached hydrogens (primary N) is 1. The second-order valence-corrected chi connectivity index (χ2v) is 6.33. The molecule has 2 rings (SSSR count). The van der Waals surface area contributed by atoms with Crippen LogP contribution in [-0.2, 0) is 0 Å². The summed E-state index contributed by atoms with van der Waals surface area (Å²) in [7, 11) is 0. The molecule has 0 aromatic heterocycles. The highest BCUT2D eigenvalue weighted by molar-refractivity contribution is 7.99. The van der Waals surface area contributed by atoms with E-state index in [1.807, 2.05) is 6.92 Å². The van der Waals surface area contributed by atoms with Crippen molar-refractivity contribution in [2.45, 2.75) is 42.5 Å². The van der Waals surface area contributed by atoms with Crippen molar-refractivity contribution in [2.75, 3.05) is 0 Å². The Labute approximate surface area is 120 Å². The minimum Gasteiger partial charge on any atom is -0.324 e. The topological polar surface area (TPSA) is 26.0 Å². The molecule has 0 saturated heterocycles. The van der Waals surface area contributed by atoms with Crippen LogP contribution in [0.25, 0.3) is 0 Å². The summed E-state index contributed by atoms with van der Waals surface area (Å²) in [6, 6.07) is 17.4. The summed E-state index contributed by atoms with van der Waals surface area (Å²) in [5, 5.41) is 0. The normalized spacial score (nSPS) is 12.7. The maximum Gasteiger partial charge on any atom is 0.0266 e. The smallest absolute Gasteiger partial charge is 0.0266 e. The highest BCUT2D eigenvalue weighted by Gasteiger charge is 2.02. The van der Waals surface area contributed by atoms with Crippen LogP contribution in [0.1, 0.15) is 43.9 Å². The molecule has 0 amide bonds. The third-order valence-electron chi connectivity index (χ3n) is 3.19. The molecule has 0 spiro atoms. The summed E-state index contributed by atoms with van der Waals surface area (Å²) >= 11 is 1.79. The van der Waals surface area contributed by atoms with E-state index in [1.165, 1.54) is 20.9 Å². The van der Waals surface area contributed by atoms with E-state index in [4.69, 9.17) is 5.73 Å². The van der Waals surface area contributed by atoms with Gasteiger partial charge in [0.1, 0.15) is 0 Å². The lowest BCUT2D eigenvalue weighted by Gasteiger charge is -2.08. The van der Waals surface area contributed by atoms with Crippen molar-refractivity contribution >= 4 is 11.8 Å². The van der Waals surface area contributed by atoms with E-state index in [1.54, 1.807) is 11.8 Å². The van der Waals surface area contributed by atoms with E-state index < -0.39 is 0 Å². The van der Waals surface area contributed by atoms with Gasteiger partial charge in [-0.2, -0.15) is 0 Å². The molecule has 0 aliphatic heterocycles. The summed E-state index contributed by atoms with van der Waals surface area (Å²) in [5.41, 5.74) is 8.42. The average Bonchev–Trinajstić information content (AvgIpc) is 2.40. The SMILES string of the molecule is CC(C)c1ccc(Sc2ccc([C@H](C)N)cc2)cc1. The third-order valence-corrected chi connectivity index (χ3v) is 4.20. The minimum atomic E-state index is 0.101. The molecule has 100 valence electrons. The quantitative estimate of drug-likeness (QED) is 0.848. The molecule has 19 heavy (non-hydrogen) atoms. The highest BCUT2D eigenvalue weighted by Crippen LogP contribution is 2.29. The zero-order valence-electron chi connectivity index (χ0n) is 11.8. The average molecular weight is 271 g/mol. The fraction of sp³-hybridized carbons (Fsp3) is 0.294. The van der Waals surface area contributed by atoms with Crippen LogP contribution < -0.4 is 5.73 Å². The van der Waals surface area contributed by atoms with Crippen LogP contribution in [0.5, 0.6) is 0 Å². The van der Waals surface area contributed by atoms with Gasteiger partial charge in [0.2, 0.25) is 0 Å². The number of hydrogen-bond acceptors (Lipinski definition) is 2. The Bertz CT molecular complexity index is 462. The monoisotopic (exact) mass is 271 g/mol. The van der Waals surface area contributed by atoms with E-state index in [-0.39, 0.29) is 6.04 Å². The van der Waals surface area contributed by atoms with Gasteiger partial charge in [-0.05, 0) is 48.2 Å². The van der Waals surface area contributed by atoms with Crippen LogP contribution >= 0.6 is 11.8 Å². The predicted molar refractivity (Wildman–Crippen MR) is 83.7 cm³/mol. The molecule has 1 atom stereocenters. The van der Waals surface area contributed by atoms with Crippen LogP contribution in [0.2, 0.25) is 0 Å². The first-order valence-corrected chi connectivity index (χ1v) is 7.51. The van der Waals surface area contributed by atoms with Gasteiger partial charge in [0.15, 0.2) is 0 Å². The zero-order valence-corrected chi connectivity index (χ0v) is 12.6. The van der Waals surface area contributed by atoms with Gasteiger partial charge < -0.3 is 5.73 Å². The van der Waals surface area contributed by atoms with Crippen molar-refractivity contribution in [3.05, 3.63) is 59.7 Å². The maximum absolute atomic E-state index is 5.85. The Balaban J connectivity index is 2.08. The first kappa shape index (κ1) is 14.2. The van der Waals surface area contributed by atoms with E-state index in [0.717, 1.165) is 0 Å². The molecular formula is C17H21NS. The summed E-state index contributed by atoms with van der Waals surface area (Å²) in [4.78, 5) is 2.53. The second kappa shape index (κ2) is 6.27.